The Hall–Kier alpha value is -2.91. The van der Waals surface area contributed by atoms with Crippen LogP contribution in [0, 0.1) is 0 Å². The highest BCUT2D eigenvalue weighted by Crippen LogP contribution is 2.47. The van der Waals surface area contributed by atoms with Crippen LogP contribution in [0.4, 0.5) is 0 Å². The van der Waals surface area contributed by atoms with E-state index in [1.807, 2.05) is 72.1 Å². The average molecular weight is 533 g/mol. The van der Waals surface area contributed by atoms with Gasteiger partial charge in [0.15, 0.2) is 6.10 Å². The Morgan fingerprint density at radius 1 is 1.00 bits per heavy atom. The highest BCUT2D eigenvalue weighted by Gasteiger charge is 2.57. The van der Waals surface area contributed by atoms with Gasteiger partial charge in [0, 0.05) is 27.6 Å². The van der Waals surface area contributed by atoms with Crippen molar-refractivity contribution in [2.75, 3.05) is 12.3 Å². The lowest BCUT2D eigenvalue weighted by Crippen LogP contribution is -2.73. The number of esters is 1. The minimum absolute atomic E-state index is 0.0887. The van der Waals surface area contributed by atoms with E-state index in [0.29, 0.717) is 5.75 Å². The van der Waals surface area contributed by atoms with Crippen molar-refractivity contribution in [1.29, 1.82) is 0 Å². The van der Waals surface area contributed by atoms with Crippen molar-refractivity contribution in [2.45, 2.75) is 22.9 Å². The number of rotatable bonds is 6. The number of carbonyl (C=O) groups is 2. The fraction of sp³-hybridized carbons (Fsp3) is 0.214. The molecule has 2 aliphatic heterocycles. The molecule has 3 atom stereocenters. The first-order chi connectivity index (χ1) is 17.6. The quantitative estimate of drug-likeness (QED) is 0.270. The molecule has 36 heavy (non-hydrogen) atoms. The molecule has 2 N–H and O–H groups in total. The molecule has 0 saturated carbocycles. The summed E-state index contributed by atoms with van der Waals surface area (Å²) in [6, 6.07) is 25.3. The Balaban J connectivity index is 1.39. The van der Waals surface area contributed by atoms with Crippen molar-refractivity contribution in [3.8, 4) is 10.4 Å². The number of thioether (sulfide) groups is 1. The molecular formula is C28H24N2O3S3. The first-order valence-corrected chi connectivity index (χ1v) is 14.5. The van der Waals surface area contributed by atoms with E-state index in [2.05, 4.69) is 17.5 Å². The summed E-state index contributed by atoms with van der Waals surface area (Å²) in [5.74, 6) is 0.0791. The molecule has 2 aliphatic rings. The summed E-state index contributed by atoms with van der Waals surface area (Å²) in [6.45, 7) is 0.275. The number of hydrogen-bond donors (Lipinski definition) is 1. The Bertz CT molecular complexity index is 1330. The molecule has 1 unspecified atom stereocenters. The smallest absolute Gasteiger partial charge is 0.321 e. The summed E-state index contributed by atoms with van der Waals surface area (Å²) in [7, 11) is 0. The van der Waals surface area contributed by atoms with E-state index in [0.717, 1.165) is 26.4 Å². The third-order valence-electron chi connectivity index (χ3n) is 6.82. The normalized spacial score (nSPS) is 23.3. The number of nitrogens with two attached hydrogens (primary N) is 1. The molecule has 4 aromatic rings. The molecule has 8 heteroatoms. The van der Waals surface area contributed by atoms with Crippen molar-refractivity contribution in [2.24, 2.45) is 5.73 Å². The van der Waals surface area contributed by atoms with Gasteiger partial charge in [-0.3, -0.25) is 9.59 Å². The number of benzene rings is 2. The van der Waals surface area contributed by atoms with Gasteiger partial charge in [0.05, 0.1) is 0 Å². The number of β-lactam (4-membered cyclic amide) rings is 1. The highest BCUT2D eigenvalue weighted by molar-refractivity contribution is 8.00. The Morgan fingerprint density at radius 2 is 1.69 bits per heavy atom. The molecule has 0 radical (unpaired) electrons. The first-order valence-electron chi connectivity index (χ1n) is 11.7. The molecule has 2 aromatic heterocycles. The third kappa shape index (κ3) is 3.98. The molecule has 1 amide bonds. The van der Waals surface area contributed by atoms with E-state index >= 15 is 0 Å². The fourth-order valence-corrected chi connectivity index (χ4v) is 8.28. The highest BCUT2D eigenvalue weighted by atomic mass is 32.2. The third-order valence-corrected chi connectivity index (χ3v) is 10.4. The molecular weight excluding hydrogens is 509 g/mol. The van der Waals surface area contributed by atoms with Crippen LogP contribution in [0.25, 0.3) is 10.4 Å². The fourth-order valence-electron chi connectivity index (χ4n) is 4.81. The standard InChI is InChI=1S/C28H24N2O3S3/c29-23-25(31)30-16-28(17-36-26(23)30,22-14-20(15-35-22)21-12-7-13-34-21)27(32)33-24(18-8-3-1-4-9-18)19-10-5-2-6-11-19/h1-15,23-24,26H,16-17,29H2/t23-,26-,28?/m1/s1. The van der Waals surface area contributed by atoms with Gasteiger partial charge < -0.3 is 15.4 Å². The minimum Gasteiger partial charge on any atom is -0.452 e. The van der Waals surface area contributed by atoms with Gasteiger partial charge in [-0.25, -0.2) is 0 Å². The zero-order chi connectivity index (χ0) is 24.7. The summed E-state index contributed by atoms with van der Waals surface area (Å²) in [4.78, 5) is 30.7. The van der Waals surface area contributed by atoms with Crippen LogP contribution in [0.5, 0.6) is 0 Å². The Kier molecular flexibility index (Phi) is 6.21. The van der Waals surface area contributed by atoms with E-state index in [4.69, 9.17) is 10.5 Å². The second-order valence-electron chi connectivity index (χ2n) is 9.06. The van der Waals surface area contributed by atoms with Crippen LogP contribution < -0.4 is 5.73 Å². The molecule has 2 fully saturated rings. The van der Waals surface area contributed by atoms with Crippen LogP contribution in [0.3, 0.4) is 0 Å². The van der Waals surface area contributed by atoms with Crippen LogP contribution in [0.1, 0.15) is 22.1 Å². The van der Waals surface area contributed by atoms with Crippen LogP contribution >= 0.6 is 34.4 Å². The number of ether oxygens (including phenoxy) is 1. The van der Waals surface area contributed by atoms with Crippen molar-refractivity contribution in [3.05, 3.63) is 106 Å². The van der Waals surface area contributed by atoms with Crippen LogP contribution in [-0.4, -0.2) is 40.5 Å². The van der Waals surface area contributed by atoms with Gasteiger partial charge in [-0.1, -0.05) is 66.7 Å². The summed E-state index contributed by atoms with van der Waals surface area (Å²) in [6.07, 6.45) is -0.550. The number of amides is 1. The average Bonchev–Trinajstić information content (AvgIpc) is 3.64. The molecule has 2 saturated heterocycles. The van der Waals surface area contributed by atoms with Crippen LogP contribution in [0.15, 0.2) is 89.6 Å². The zero-order valence-electron chi connectivity index (χ0n) is 19.3. The van der Waals surface area contributed by atoms with Crippen LogP contribution in [0.2, 0.25) is 0 Å². The second kappa shape index (κ2) is 9.52. The van der Waals surface area contributed by atoms with Gasteiger partial charge >= 0.3 is 5.97 Å². The van der Waals surface area contributed by atoms with Gasteiger partial charge in [-0.2, -0.15) is 0 Å². The van der Waals surface area contributed by atoms with Gasteiger partial charge in [0.2, 0.25) is 5.91 Å². The van der Waals surface area contributed by atoms with Gasteiger partial charge in [0.1, 0.15) is 16.8 Å². The SMILES string of the molecule is N[C@@H]1C(=O)N2CC(C(=O)OC(c3ccccc3)c3ccccc3)(c3cc(-c4cccs4)cs3)CS[C@H]12. The number of nitrogens with zero attached hydrogens (tertiary/aromatic N) is 1. The number of thiophene rings is 2. The van der Waals surface area contributed by atoms with Crippen molar-refractivity contribution in [3.63, 3.8) is 0 Å². The molecule has 5 nitrogen and oxygen atoms in total. The maximum absolute atomic E-state index is 14.2. The molecule has 0 bridgehead atoms. The summed E-state index contributed by atoms with van der Waals surface area (Å²) >= 11 is 4.79. The van der Waals surface area contributed by atoms with E-state index in [9.17, 15) is 9.59 Å². The summed E-state index contributed by atoms with van der Waals surface area (Å²) in [5, 5.41) is 4.04. The maximum atomic E-state index is 14.2. The molecule has 0 spiro atoms. The largest absolute Gasteiger partial charge is 0.452 e. The van der Waals surface area contributed by atoms with E-state index in [-0.39, 0.29) is 23.8 Å². The summed E-state index contributed by atoms with van der Waals surface area (Å²) in [5.41, 5.74) is 7.97. The van der Waals surface area contributed by atoms with Crippen LogP contribution in [-0.2, 0) is 19.7 Å². The molecule has 6 rings (SSSR count). The summed E-state index contributed by atoms with van der Waals surface area (Å²) < 4.78 is 6.38. The Morgan fingerprint density at radius 3 is 2.33 bits per heavy atom. The number of carbonyl (C=O) groups excluding carboxylic acids is 2. The van der Waals surface area contributed by atoms with E-state index in [1.165, 1.54) is 0 Å². The topological polar surface area (TPSA) is 72.6 Å². The predicted octanol–water partition coefficient (Wildman–Crippen LogP) is 5.29. The zero-order valence-corrected chi connectivity index (χ0v) is 21.7. The lowest BCUT2D eigenvalue weighted by molar-refractivity contribution is -0.158. The lowest BCUT2D eigenvalue weighted by atomic mass is 9.85. The predicted molar refractivity (Wildman–Crippen MR) is 146 cm³/mol. The molecule has 0 aliphatic carbocycles. The van der Waals surface area contributed by atoms with Gasteiger partial charge in [-0.15, -0.1) is 34.4 Å². The molecule has 182 valence electrons. The lowest BCUT2D eigenvalue weighted by Gasteiger charge is -2.53. The van der Waals surface area contributed by atoms with E-state index in [1.54, 1.807) is 39.3 Å². The maximum Gasteiger partial charge on any atom is 0.321 e. The van der Waals surface area contributed by atoms with Crippen molar-refractivity contribution >= 4 is 46.3 Å². The molecule has 2 aromatic carbocycles. The minimum atomic E-state index is -0.973. The second-order valence-corrected chi connectivity index (χ2v) is 12.0. The van der Waals surface area contributed by atoms with Crippen molar-refractivity contribution < 1.29 is 14.3 Å². The molecule has 4 heterocycles. The van der Waals surface area contributed by atoms with E-state index < -0.39 is 17.6 Å². The van der Waals surface area contributed by atoms with Gasteiger partial charge in [0.25, 0.3) is 0 Å². The van der Waals surface area contributed by atoms with Crippen molar-refractivity contribution in [1.82, 2.24) is 4.90 Å². The Labute approximate surface area is 221 Å². The number of hydrogen-bond acceptors (Lipinski definition) is 7. The number of fused-ring (bicyclic) bond motifs is 1. The monoisotopic (exact) mass is 532 g/mol. The first kappa shape index (κ1) is 23.5. The van der Waals surface area contributed by atoms with Gasteiger partial charge in [-0.05, 0) is 34.0 Å².